The molecule has 2 aliphatic heterocycles. The fraction of sp³-hybridized carbons (Fsp3) is 0.444. The molecule has 4 rings (SSSR count). The lowest BCUT2D eigenvalue weighted by molar-refractivity contribution is 0.193. The number of hydrogen-bond donors (Lipinski definition) is 0. The van der Waals surface area contributed by atoms with Crippen molar-refractivity contribution in [2.75, 3.05) is 6.54 Å². The first-order chi connectivity index (χ1) is 9.10. The molecule has 0 saturated carbocycles. The number of nitrogens with zero attached hydrogens (tertiary/aromatic N) is 1. The third-order valence-corrected chi connectivity index (χ3v) is 5.51. The molecule has 0 radical (unpaired) electrons. The average Bonchev–Trinajstić information content (AvgIpc) is 2.65. The minimum absolute atomic E-state index is 0.271. The van der Waals surface area contributed by atoms with Crippen LogP contribution in [0.25, 0.3) is 0 Å². The number of rotatable bonds is 0. The summed E-state index contributed by atoms with van der Waals surface area (Å²) in [7, 11) is 0. The third-order valence-electron chi connectivity index (χ3n) is 5.51. The number of fused-ring (bicyclic) bond motifs is 1. The lowest BCUT2D eigenvalue weighted by atomic mass is 9.66. The quantitative estimate of drug-likeness (QED) is 0.680. The first-order valence-electron chi connectivity index (χ1n) is 7.32. The van der Waals surface area contributed by atoms with E-state index >= 15 is 0 Å². The minimum Gasteiger partial charge on any atom is -0.295 e. The summed E-state index contributed by atoms with van der Waals surface area (Å²) >= 11 is 0. The molecule has 2 heterocycles. The summed E-state index contributed by atoms with van der Waals surface area (Å²) in [6.45, 7) is 11.0. The van der Waals surface area contributed by atoms with Crippen LogP contribution in [-0.2, 0) is 12.0 Å². The number of benzene rings is 1. The zero-order chi connectivity index (χ0) is 13.2. The van der Waals surface area contributed by atoms with Crippen molar-refractivity contribution in [2.24, 2.45) is 0 Å². The third kappa shape index (κ3) is 1.40. The highest BCUT2D eigenvalue weighted by atomic mass is 15.2. The molecular formula is C18H21N. The molecule has 98 valence electrons. The summed E-state index contributed by atoms with van der Waals surface area (Å²) in [6.07, 6.45) is 7.14. The monoisotopic (exact) mass is 251 g/mol. The van der Waals surface area contributed by atoms with Gasteiger partial charge >= 0.3 is 0 Å². The van der Waals surface area contributed by atoms with E-state index in [0.717, 1.165) is 13.0 Å². The second kappa shape index (κ2) is 3.61. The van der Waals surface area contributed by atoms with Gasteiger partial charge in [-0.3, -0.25) is 4.90 Å². The van der Waals surface area contributed by atoms with Crippen LogP contribution in [-0.4, -0.2) is 17.5 Å². The Hall–Kier alpha value is -1.34. The Bertz CT molecular complexity index is 610. The molecule has 0 N–H and O–H groups in total. The van der Waals surface area contributed by atoms with E-state index in [1.54, 1.807) is 11.1 Å². The normalized spacial score (nSPS) is 35.2. The molecule has 3 aliphatic rings. The zero-order valence-corrected chi connectivity index (χ0v) is 11.9. The second-order valence-corrected chi connectivity index (χ2v) is 6.57. The molecule has 19 heavy (non-hydrogen) atoms. The molecule has 1 heteroatoms. The number of allylic oxidation sites excluding steroid dienone is 1. The standard InChI is InChI=1S/C18H21N/c1-12-4-5-18-6-7-19(17(18)8-12)11-15-9-13(2)14(3)10-16(15)18/h4-5,9-10,17H,1,6-8,11H2,2-3H3. The largest absolute Gasteiger partial charge is 0.295 e. The molecule has 3 atom stereocenters. The molecule has 1 nitrogen and oxygen atoms in total. The van der Waals surface area contributed by atoms with Crippen molar-refractivity contribution in [1.29, 1.82) is 0 Å². The van der Waals surface area contributed by atoms with Gasteiger partial charge in [0.1, 0.15) is 0 Å². The molecule has 1 aromatic carbocycles. The molecular weight excluding hydrogens is 230 g/mol. The van der Waals surface area contributed by atoms with Gasteiger partial charge in [-0.2, -0.15) is 0 Å². The van der Waals surface area contributed by atoms with Gasteiger partial charge in [0.15, 0.2) is 0 Å². The average molecular weight is 251 g/mol. The maximum absolute atomic E-state index is 4.17. The Balaban J connectivity index is 1.97. The summed E-state index contributed by atoms with van der Waals surface area (Å²) in [5.41, 5.74) is 7.57. The molecule has 0 spiro atoms. The lowest BCUT2D eigenvalue weighted by Gasteiger charge is -2.45. The van der Waals surface area contributed by atoms with E-state index in [2.05, 4.69) is 49.6 Å². The van der Waals surface area contributed by atoms with Crippen molar-refractivity contribution in [2.45, 2.75) is 44.7 Å². The van der Waals surface area contributed by atoms with E-state index in [4.69, 9.17) is 0 Å². The first-order valence-corrected chi connectivity index (χ1v) is 7.32. The van der Waals surface area contributed by atoms with Gasteiger partial charge in [0, 0.05) is 24.5 Å². The summed E-state index contributed by atoms with van der Waals surface area (Å²) in [4.78, 5) is 2.67. The van der Waals surface area contributed by atoms with Crippen LogP contribution in [0.15, 0.2) is 36.4 Å². The molecule has 0 aromatic heterocycles. The number of aryl methyl sites for hydroxylation is 2. The van der Waals surface area contributed by atoms with Gasteiger partial charge < -0.3 is 0 Å². The Morgan fingerprint density at radius 2 is 2.05 bits per heavy atom. The van der Waals surface area contributed by atoms with Crippen LogP contribution in [0.5, 0.6) is 0 Å². The van der Waals surface area contributed by atoms with Crippen molar-refractivity contribution in [1.82, 2.24) is 4.90 Å². The van der Waals surface area contributed by atoms with Crippen molar-refractivity contribution >= 4 is 0 Å². The van der Waals surface area contributed by atoms with Crippen LogP contribution in [0.2, 0.25) is 0 Å². The van der Waals surface area contributed by atoms with Crippen molar-refractivity contribution in [3.63, 3.8) is 0 Å². The van der Waals surface area contributed by atoms with Gasteiger partial charge in [0.05, 0.1) is 0 Å². The second-order valence-electron chi connectivity index (χ2n) is 6.57. The summed E-state index contributed by atoms with van der Waals surface area (Å²) in [5.74, 6) is 0. The number of hydrogen-bond acceptors (Lipinski definition) is 1. The molecule has 2 bridgehead atoms. The predicted molar refractivity (Wildman–Crippen MR) is 79.3 cm³/mol. The SMILES string of the molecule is C=C1C=CC23CCN(Cc4cc(C)c(C)cc42)C3C1. The highest BCUT2D eigenvalue weighted by Crippen LogP contribution is 2.51. The fourth-order valence-corrected chi connectivity index (χ4v) is 4.32. The summed E-state index contributed by atoms with van der Waals surface area (Å²) < 4.78 is 0. The van der Waals surface area contributed by atoms with Crippen molar-refractivity contribution in [3.8, 4) is 0 Å². The van der Waals surface area contributed by atoms with Crippen LogP contribution in [0.3, 0.4) is 0 Å². The van der Waals surface area contributed by atoms with E-state index in [0.29, 0.717) is 6.04 Å². The summed E-state index contributed by atoms with van der Waals surface area (Å²) in [6, 6.07) is 5.52. The zero-order valence-electron chi connectivity index (χ0n) is 11.9. The fourth-order valence-electron chi connectivity index (χ4n) is 4.32. The Labute approximate surface area is 115 Å². The molecule has 1 fully saturated rings. The lowest BCUT2D eigenvalue weighted by Crippen LogP contribution is -2.47. The summed E-state index contributed by atoms with van der Waals surface area (Å²) in [5, 5.41) is 0. The Morgan fingerprint density at radius 3 is 2.89 bits per heavy atom. The molecule has 1 aromatic rings. The topological polar surface area (TPSA) is 3.24 Å². The van der Waals surface area contributed by atoms with E-state index in [1.165, 1.54) is 29.7 Å². The van der Waals surface area contributed by atoms with Gasteiger partial charge in [-0.1, -0.05) is 36.4 Å². The maximum atomic E-state index is 4.17. The van der Waals surface area contributed by atoms with Crippen LogP contribution < -0.4 is 0 Å². The minimum atomic E-state index is 0.271. The van der Waals surface area contributed by atoms with Crippen LogP contribution in [0.4, 0.5) is 0 Å². The van der Waals surface area contributed by atoms with Gasteiger partial charge in [0.25, 0.3) is 0 Å². The van der Waals surface area contributed by atoms with E-state index < -0.39 is 0 Å². The predicted octanol–water partition coefficient (Wildman–Crippen LogP) is 3.65. The molecule has 0 amide bonds. The molecule has 1 aliphatic carbocycles. The van der Waals surface area contributed by atoms with E-state index in [1.807, 2.05) is 0 Å². The highest BCUT2D eigenvalue weighted by Gasteiger charge is 2.51. The van der Waals surface area contributed by atoms with Gasteiger partial charge in [-0.25, -0.2) is 0 Å². The first kappa shape index (κ1) is 11.5. The molecule has 3 unspecified atom stereocenters. The van der Waals surface area contributed by atoms with E-state index in [9.17, 15) is 0 Å². The highest BCUT2D eigenvalue weighted by molar-refractivity contribution is 5.51. The van der Waals surface area contributed by atoms with Crippen molar-refractivity contribution in [3.05, 3.63) is 58.7 Å². The van der Waals surface area contributed by atoms with Crippen LogP contribution >= 0.6 is 0 Å². The van der Waals surface area contributed by atoms with Crippen LogP contribution in [0, 0.1) is 13.8 Å². The smallest absolute Gasteiger partial charge is 0.0309 e. The van der Waals surface area contributed by atoms with Gasteiger partial charge in [0.2, 0.25) is 0 Å². The van der Waals surface area contributed by atoms with Crippen molar-refractivity contribution < 1.29 is 0 Å². The Kier molecular flexibility index (Phi) is 2.18. The van der Waals surface area contributed by atoms with E-state index in [-0.39, 0.29) is 5.41 Å². The molecule has 1 saturated heterocycles. The van der Waals surface area contributed by atoms with Gasteiger partial charge in [-0.05, 0) is 48.9 Å². The maximum Gasteiger partial charge on any atom is 0.0309 e. The Morgan fingerprint density at radius 1 is 1.26 bits per heavy atom. The van der Waals surface area contributed by atoms with Gasteiger partial charge in [-0.15, -0.1) is 0 Å². The van der Waals surface area contributed by atoms with Crippen LogP contribution in [0.1, 0.15) is 35.1 Å².